The Bertz CT molecular complexity index is 670. The highest BCUT2D eigenvalue weighted by molar-refractivity contribution is 5.67. The van der Waals surface area contributed by atoms with Crippen molar-refractivity contribution in [3.8, 4) is 11.1 Å². The Morgan fingerprint density at radius 1 is 0.917 bits per heavy atom. The lowest BCUT2D eigenvalue weighted by molar-refractivity contribution is 0.217. The largest absolute Gasteiger partial charge is 0.352 e. The van der Waals surface area contributed by atoms with Crippen LogP contribution in [0.2, 0.25) is 0 Å². The minimum Gasteiger partial charge on any atom is -0.352 e. The van der Waals surface area contributed by atoms with Crippen molar-refractivity contribution in [3.63, 3.8) is 0 Å². The van der Waals surface area contributed by atoms with E-state index in [2.05, 4.69) is 59.3 Å². The summed E-state index contributed by atoms with van der Waals surface area (Å²) in [7, 11) is 0. The van der Waals surface area contributed by atoms with E-state index in [4.69, 9.17) is 4.98 Å². The van der Waals surface area contributed by atoms with Crippen LogP contribution >= 0.6 is 0 Å². The number of aryl methyl sites for hydroxylation is 1. The molecule has 3 heteroatoms. The lowest BCUT2D eigenvalue weighted by Crippen LogP contribution is -2.47. The highest BCUT2D eigenvalue weighted by atomic mass is 15.3. The molecule has 3 saturated heterocycles. The molecule has 0 N–H and O–H groups in total. The standard InChI is InChI=1S/C21H27N3/c1-17-6-2-3-9-20(17)18-10-11-21(22-16-18)24-15-14-23-12-4-7-19(24)8-5-13-23/h2-3,6,9-11,16,19H,4-5,7-8,12-15H2,1H3. The van der Waals surface area contributed by atoms with Gasteiger partial charge < -0.3 is 9.80 Å². The van der Waals surface area contributed by atoms with Crippen LogP contribution in [0.5, 0.6) is 0 Å². The molecule has 0 unspecified atom stereocenters. The molecule has 2 bridgehead atoms. The second-order valence-electron chi connectivity index (χ2n) is 7.19. The van der Waals surface area contributed by atoms with Gasteiger partial charge in [0.2, 0.25) is 0 Å². The van der Waals surface area contributed by atoms with Gasteiger partial charge in [-0.3, -0.25) is 0 Å². The lowest BCUT2D eigenvalue weighted by atomic mass is 9.98. The maximum atomic E-state index is 4.85. The first-order chi connectivity index (χ1) is 11.8. The molecule has 0 atom stereocenters. The molecule has 3 fully saturated rings. The number of nitrogens with zero attached hydrogens (tertiary/aromatic N) is 3. The number of pyridine rings is 1. The molecule has 4 heterocycles. The fourth-order valence-electron chi connectivity index (χ4n) is 4.24. The summed E-state index contributed by atoms with van der Waals surface area (Å²) in [6.45, 7) is 7.02. The van der Waals surface area contributed by atoms with E-state index < -0.39 is 0 Å². The summed E-state index contributed by atoms with van der Waals surface area (Å²) >= 11 is 0. The minimum atomic E-state index is 0.671. The summed E-state index contributed by atoms with van der Waals surface area (Å²) in [5.74, 6) is 1.15. The third-order valence-corrected chi connectivity index (χ3v) is 5.62. The summed E-state index contributed by atoms with van der Waals surface area (Å²) in [4.78, 5) is 10.0. The Hall–Kier alpha value is -1.87. The molecule has 1 aromatic carbocycles. The molecule has 1 aromatic heterocycles. The number of rotatable bonds is 2. The smallest absolute Gasteiger partial charge is 0.128 e. The van der Waals surface area contributed by atoms with Gasteiger partial charge in [0.05, 0.1) is 0 Å². The predicted octanol–water partition coefficient (Wildman–Crippen LogP) is 4.12. The fraction of sp³-hybridized carbons (Fsp3) is 0.476. The lowest BCUT2D eigenvalue weighted by Gasteiger charge is -2.40. The third-order valence-electron chi connectivity index (χ3n) is 5.62. The van der Waals surface area contributed by atoms with Crippen LogP contribution in [-0.2, 0) is 0 Å². The average molecular weight is 321 g/mol. The SMILES string of the molecule is Cc1ccccc1-c1ccc(N2CCN3CCCC2CCC3)nc1. The Morgan fingerprint density at radius 2 is 1.71 bits per heavy atom. The van der Waals surface area contributed by atoms with Crippen molar-refractivity contribution < 1.29 is 0 Å². The molecule has 24 heavy (non-hydrogen) atoms. The van der Waals surface area contributed by atoms with Crippen molar-refractivity contribution in [1.29, 1.82) is 0 Å². The molecule has 0 radical (unpaired) electrons. The van der Waals surface area contributed by atoms with Crippen LogP contribution in [0.25, 0.3) is 11.1 Å². The second kappa shape index (κ2) is 6.94. The molecular formula is C21H27N3. The molecule has 0 saturated carbocycles. The quantitative estimate of drug-likeness (QED) is 0.829. The molecule has 3 aliphatic rings. The van der Waals surface area contributed by atoms with Crippen molar-refractivity contribution in [2.45, 2.75) is 38.6 Å². The van der Waals surface area contributed by atoms with Gasteiger partial charge in [0.1, 0.15) is 5.82 Å². The zero-order valence-corrected chi connectivity index (χ0v) is 14.6. The van der Waals surface area contributed by atoms with Crippen LogP contribution in [0.15, 0.2) is 42.6 Å². The number of anilines is 1. The Labute approximate surface area is 145 Å². The summed E-state index contributed by atoms with van der Waals surface area (Å²) < 4.78 is 0. The van der Waals surface area contributed by atoms with Gasteiger partial charge in [-0.1, -0.05) is 24.3 Å². The van der Waals surface area contributed by atoms with Gasteiger partial charge in [0.15, 0.2) is 0 Å². The third kappa shape index (κ3) is 3.18. The molecule has 3 nitrogen and oxygen atoms in total. The Kier molecular flexibility index (Phi) is 4.52. The van der Waals surface area contributed by atoms with Crippen molar-refractivity contribution in [2.24, 2.45) is 0 Å². The summed E-state index contributed by atoms with van der Waals surface area (Å²) in [6, 6.07) is 13.7. The Morgan fingerprint density at radius 3 is 2.42 bits per heavy atom. The first kappa shape index (κ1) is 15.6. The van der Waals surface area contributed by atoms with E-state index in [1.807, 2.05) is 0 Å². The second-order valence-corrected chi connectivity index (χ2v) is 7.19. The van der Waals surface area contributed by atoms with E-state index >= 15 is 0 Å². The minimum absolute atomic E-state index is 0.671. The highest BCUT2D eigenvalue weighted by Crippen LogP contribution is 2.28. The van der Waals surface area contributed by atoms with Crippen molar-refractivity contribution in [2.75, 3.05) is 31.1 Å². The van der Waals surface area contributed by atoms with Gasteiger partial charge in [-0.05, 0) is 69.0 Å². The Balaban J connectivity index is 1.59. The maximum Gasteiger partial charge on any atom is 0.128 e. The van der Waals surface area contributed by atoms with E-state index in [0.717, 1.165) is 12.4 Å². The van der Waals surface area contributed by atoms with Gasteiger partial charge in [-0.25, -0.2) is 4.98 Å². The van der Waals surface area contributed by atoms with Crippen molar-refractivity contribution in [1.82, 2.24) is 9.88 Å². The summed E-state index contributed by atoms with van der Waals surface area (Å²) in [5, 5.41) is 0. The number of hydrogen-bond donors (Lipinski definition) is 0. The first-order valence-electron chi connectivity index (χ1n) is 9.32. The van der Waals surface area contributed by atoms with Gasteiger partial charge in [-0.2, -0.15) is 0 Å². The number of fused-ring (bicyclic) bond motifs is 6. The molecule has 0 amide bonds. The van der Waals surface area contributed by atoms with Crippen LogP contribution in [0.3, 0.4) is 0 Å². The number of hydrogen-bond acceptors (Lipinski definition) is 3. The molecule has 3 aliphatic heterocycles. The molecule has 0 spiro atoms. The predicted molar refractivity (Wildman–Crippen MR) is 100 cm³/mol. The van der Waals surface area contributed by atoms with E-state index in [9.17, 15) is 0 Å². The van der Waals surface area contributed by atoms with Crippen LogP contribution in [0.1, 0.15) is 31.2 Å². The maximum absolute atomic E-state index is 4.85. The van der Waals surface area contributed by atoms with Crippen LogP contribution in [0, 0.1) is 6.92 Å². The first-order valence-corrected chi connectivity index (χ1v) is 9.32. The summed E-state index contributed by atoms with van der Waals surface area (Å²) in [5.41, 5.74) is 3.81. The van der Waals surface area contributed by atoms with E-state index in [1.54, 1.807) is 0 Å². The van der Waals surface area contributed by atoms with Gasteiger partial charge in [0, 0.05) is 30.9 Å². The average Bonchev–Trinajstić information content (AvgIpc) is 2.54. The number of aromatic nitrogens is 1. The molecule has 0 aliphatic carbocycles. The fourth-order valence-corrected chi connectivity index (χ4v) is 4.24. The molecule has 126 valence electrons. The molecule has 5 rings (SSSR count). The number of benzene rings is 1. The van der Waals surface area contributed by atoms with Crippen molar-refractivity contribution >= 4 is 5.82 Å². The normalized spacial score (nSPS) is 24.3. The monoisotopic (exact) mass is 321 g/mol. The highest BCUT2D eigenvalue weighted by Gasteiger charge is 2.26. The van der Waals surface area contributed by atoms with E-state index in [-0.39, 0.29) is 0 Å². The van der Waals surface area contributed by atoms with Crippen LogP contribution < -0.4 is 4.90 Å². The van der Waals surface area contributed by atoms with Gasteiger partial charge >= 0.3 is 0 Å². The van der Waals surface area contributed by atoms with E-state index in [1.165, 1.54) is 62.0 Å². The molecular weight excluding hydrogens is 294 g/mol. The van der Waals surface area contributed by atoms with Gasteiger partial charge in [-0.15, -0.1) is 0 Å². The topological polar surface area (TPSA) is 19.4 Å². The van der Waals surface area contributed by atoms with Crippen LogP contribution in [0.4, 0.5) is 5.82 Å². The van der Waals surface area contributed by atoms with Crippen molar-refractivity contribution in [3.05, 3.63) is 48.2 Å². The zero-order valence-electron chi connectivity index (χ0n) is 14.6. The zero-order chi connectivity index (χ0) is 16.4. The molecule has 2 aromatic rings. The summed E-state index contributed by atoms with van der Waals surface area (Å²) in [6.07, 6.45) is 7.30. The van der Waals surface area contributed by atoms with Gasteiger partial charge in [0.25, 0.3) is 0 Å². The van der Waals surface area contributed by atoms with E-state index in [0.29, 0.717) is 6.04 Å². The van der Waals surface area contributed by atoms with Crippen LogP contribution in [-0.4, -0.2) is 42.1 Å².